The van der Waals surface area contributed by atoms with Gasteiger partial charge in [0.25, 0.3) is 5.69 Å². The van der Waals surface area contributed by atoms with Gasteiger partial charge in [-0.15, -0.1) is 5.10 Å². The summed E-state index contributed by atoms with van der Waals surface area (Å²) >= 11 is 4.70. The zero-order valence-electron chi connectivity index (χ0n) is 13.3. The van der Waals surface area contributed by atoms with Gasteiger partial charge in [-0.3, -0.25) is 14.9 Å². The fourth-order valence-corrected chi connectivity index (χ4v) is 3.52. The Kier molecular flexibility index (Phi) is 5.79. The summed E-state index contributed by atoms with van der Waals surface area (Å²) in [5.74, 6) is -0.109. The quantitative estimate of drug-likeness (QED) is 0.443. The first-order valence-electron chi connectivity index (χ1n) is 7.59. The number of amides is 1. The zero-order chi connectivity index (χ0) is 18.5. The van der Waals surface area contributed by atoms with Gasteiger partial charge in [0, 0.05) is 22.2 Å². The Morgan fingerprint density at radius 3 is 2.77 bits per heavy atom. The fourth-order valence-electron chi connectivity index (χ4n) is 2.29. The Labute approximate surface area is 161 Å². The number of nitro benzene ring substituents is 1. The normalized spacial score (nSPS) is 18.4. The van der Waals surface area contributed by atoms with Crippen LogP contribution in [0.2, 0.25) is 0 Å². The van der Waals surface area contributed by atoms with Gasteiger partial charge in [-0.05, 0) is 24.1 Å². The molecule has 1 heterocycles. The van der Waals surface area contributed by atoms with E-state index in [-0.39, 0.29) is 16.8 Å². The monoisotopic (exact) mass is 432 g/mol. The number of non-ortho nitro benzene ring substituents is 1. The lowest BCUT2D eigenvalue weighted by molar-refractivity contribution is -0.384. The van der Waals surface area contributed by atoms with Crippen LogP contribution in [0.3, 0.4) is 0 Å². The average Bonchev–Trinajstić information content (AvgIpc) is 2.97. The van der Waals surface area contributed by atoms with Crippen molar-refractivity contribution in [2.45, 2.75) is 11.7 Å². The summed E-state index contributed by atoms with van der Waals surface area (Å²) < 4.78 is 0.988. The van der Waals surface area contributed by atoms with Crippen LogP contribution >= 0.6 is 27.7 Å². The molecular weight excluding hydrogens is 420 g/mol. The Bertz CT molecular complexity index is 899. The number of halogens is 1. The standard InChI is InChI=1S/C17H13BrN4O3S/c18-13-6-4-11(5-7-13)9-15-16(23)20-17(26-15)21-19-10-12-2-1-3-14(8-12)22(24)25/h1-8,10,15H,9H2,(H,20,21,23)/b19-10+/t15-/m0/s1. The molecule has 0 bridgehead atoms. The number of carbonyl (C=O) groups is 1. The van der Waals surface area contributed by atoms with Gasteiger partial charge >= 0.3 is 0 Å². The minimum absolute atomic E-state index is 0.0142. The van der Waals surface area contributed by atoms with Crippen molar-refractivity contribution < 1.29 is 9.72 Å². The highest BCUT2D eigenvalue weighted by Gasteiger charge is 2.30. The minimum Gasteiger partial charge on any atom is -0.303 e. The van der Waals surface area contributed by atoms with Gasteiger partial charge in [0.05, 0.1) is 16.4 Å². The van der Waals surface area contributed by atoms with Gasteiger partial charge in [0.15, 0.2) is 5.17 Å². The van der Waals surface area contributed by atoms with E-state index in [0.29, 0.717) is 17.2 Å². The van der Waals surface area contributed by atoms with Crippen molar-refractivity contribution in [3.05, 3.63) is 74.2 Å². The molecule has 2 aromatic carbocycles. The number of nitrogens with one attached hydrogen (secondary N) is 1. The Morgan fingerprint density at radius 2 is 2.04 bits per heavy atom. The number of rotatable bonds is 5. The van der Waals surface area contributed by atoms with E-state index in [9.17, 15) is 14.9 Å². The van der Waals surface area contributed by atoms with Crippen molar-refractivity contribution in [3.8, 4) is 0 Å². The molecule has 1 aliphatic heterocycles. The van der Waals surface area contributed by atoms with E-state index in [4.69, 9.17) is 0 Å². The molecule has 1 N–H and O–H groups in total. The molecule has 0 saturated carbocycles. The van der Waals surface area contributed by atoms with Crippen molar-refractivity contribution in [3.63, 3.8) is 0 Å². The lowest BCUT2D eigenvalue weighted by Gasteiger charge is -2.05. The summed E-state index contributed by atoms with van der Waals surface area (Å²) in [6.07, 6.45) is 2.01. The third kappa shape index (κ3) is 4.77. The van der Waals surface area contributed by atoms with Crippen molar-refractivity contribution in [2.24, 2.45) is 10.2 Å². The van der Waals surface area contributed by atoms with Gasteiger partial charge in [-0.1, -0.05) is 52.0 Å². The second-order valence-corrected chi connectivity index (χ2v) is 7.54. The van der Waals surface area contributed by atoms with Gasteiger partial charge in [0.1, 0.15) is 0 Å². The molecule has 0 unspecified atom stereocenters. The molecule has 132 valence electrons. The van der Waals surface area contributed by atoms with Crippen molar-refractivity contribution >= 4 is 50.7 Å². The van der Waals surface area contributed by atoms with E-state index >= 15 is 0 Å². The van der Waals surface area contributed by atoms with E-state index in [2.05, 4.69) is 31.4 Å². The van der Waals surface area contributed by atoms with E-state index in [0.717, 1.165) is 10.0 Å². The van der Waals surface area contributed by atoms with Crippen molar-refractivity contribution in [2.75, 3.05) is 0 Å². The average molecular weight is 433 g/mol. The number of amidine groups is 1. The summed E-state index contributed by atoms with van der Waals surface area (Å²) in [6, 6.07) is 13.9. The number of thioether (sulfide) groups is 1. The first-order chi connectivity index (χ1) is 12.5. The van der Waals surface area contributed by atoms with Crippen LogP contribution in [-0.2, 0) is 11.2 Å². The molecule has 7 nitrogen and oxygen atoms in total. The number of benzene rings is 2. The molecule has 0 aromatic heterocycles. The predicted molar refractivity (Wildman–Crippen MR) is 105 cm³/mol. The molecule has 3 rings (SSSR count). The highest BCUT2D eigenvalue weighted by atomic mass is 79.9. The second kappa shape index (κ2) is 8.24. The molecule has 1 fully saturated rings. The minimum atomic E-state index is -0.469. The molecule has 0 aliphatic carbocycles. The molecule has 1 amide bonds. The summed E-state index contributed by atoms with van der Waals surface area (Å²) in [5.41, 5.74) is 1.60. The number of hydrogen-bond donors (Lipinski definition) is 1. The third-order valence-corrected chi connectivity index (χ3v) is 5.15. The van der Waals surface area contributed by atoms with Crippen LogP contribution in [0, 0.1) is 10.1 Å². The number of nitro groups is 1. The van der Waals surface area contributed by atoms with E-state index in [1.54, 1.807) is 12.1 Å². The van der Waals surface area contributed by atoms with Gasteiger partial charge in [0.2, 0.25) is 5.91 Å². The zero-order valence-corrected chi connectivity index (χ0v) is 15.7. The smallest absolute Gasteiger partial charge is 0.270 e. The Hall–Kier alpha value is -2.52. The molecule has 1 atom stereocenters. The summed E-state index contributed by atoms with van der Waals surface area (Å²) in [6.45, 7) is 0. The van der Waals surface area contributed by atoms with Crippen LogP contribution in [0.15, 0.2) is 63.2 Å². The highest BCUT2D eigenvalue weighted by Crippen LogP contribution is 2.24. The fraction of sp³-hybridized carbons (Fsp3) is 0.118. The molecule has 26 heavy (non-hydrogen) atoms. The summed E-state index contributed by atoms with van der Waals surface area (Å²) in [7, 11) is 0. The Balaban J connectivity index is 1.63. The van der Waals surface area contributed by atoms with Crippen LogP contribution in [-0.4, -0.2) is 27.5 Å². The van der Waals surface area contributed by atoms with Crippen molar-refractivity contribution in [1.29, 1.82) is 0 Å². The lowest BCUT2D eigenvalue weighted by Crippen LogP contribution is -2.25. The van der Waals surface area contributed by atoms with Crippen LogP contribution in [0.1, 0.15) is 11.1 Å². The first kappa shape index (κ1) is 18.3. The van der Waals surface area contributed by atoms with Crippen LogP contribution in [0.4, 0.5) is 5.69 Å². The van der Waals surface area contributed by atoms with Crippen LogP contribution < -0.4 is 5.32 Å². The van der Waals surface area contributed by atoms with E-state index in [1.807, 2.05) is 24.3 Å². The van der Waals surface area contributed by atoms with E-state index in [1.165, 1.54) is 30.1 Å². The molecule has 0 radical (unpaired) electrons. The number of hydrogen-bond acceptors (Lipinski definition) is 6. The maximum atomic E-state index is 12.1. The molecular formula is C17H13BrN4O3S. The number of nitrogens with zero attached hydrogens (tertiary/aromatic N) is 3. The topological polar surface area (TPSA) is 97.0 Å². The van der Waals surface area contributed by atoms with Gasteiger partial charge in [-0.25, -0.2) is 0 Å². The lowest BCUT2D eigenvalue weighted by atomic mass is 10.1. The van der Waals surface area contributed by atoms with Crippen LogP contribution in [0.5, 0.6) is 0 Å². The Morgan fingerprint density at radius 1 is 1.27 bits per heavy atom. The van der Waals surface area contributed by atoms with Gasteiger partial charge in [-0.2, -0.15) is 5.10 Å². The largest absolute Gasteiger partial charge is 0.303 e. The maximum absolute atomic E-state index is 12.1. The summed E-state index contributed by atoms with van der Waals surface area (Å²) in [5, 5.41) is 21.5. The van der Waals surface area contributed by atoms with E-state index < -0.39 is 4.92 Å². The maximum Gasteiger partial charge on any atom is 0.270 e. The van der Waals surface area contributed by atoms with Crippen LogP contribution in [0.25, 0.3) is 0 Å². The molecule has 1 aliphatic rings. The molecule has 0 spiro atoms. The highest BCUT2D eigenvalue weighted by molar-refractivity contribution is 9.10. The third-order valence-electron chi connectivity index (χ3n) is 3.55. The second-order valence-electron chi connectivity index (χ2n) is 5.43. The molecule has 1 saturated heterocycles. The molecule has 9 heteroatoms. The predicted octanol–water partition coefficient (Wildman–Crippen LogP) is 3.52. The van der Waals surface area contributed by atoms with Gasteiger partial charge < -0.3 is 5.32 Å². The first-order valence-corrected chi connectivity index (χ1v) is 9.26. The SMILES string of the molecule is O=C1N/C(=N\N=C\c2cccc([N+](=O)[O-])c2)S[C@H]1Cc1ccc(Br)cc1. The summed E-state index contributed by atoms with van der Waals surface area (Å²) in [4.78, 5) is 22.3. The van der Waals surface area contributed by atoms with Crippen molar-refractivity contribution in [1.82, 2.24) is 5.32 Å². The molecule has 2 aromatic rings. The number of carbonyl (C=O) groups excluding carboxylic acids is 1.